The molecule has 1 unspecified atom stereocenters. The van der Waals surface area contributed by atoms with Crippen molar-refractivity contribution in [2.24, 2.45) is 0 Å². The Kier molecular flexibility index (Phi) is 6.35. The fourth-order valence-corrected chi connectivity index (χ4v) is 4.69. The summed E-state index contributed by atoms with van der Waals surface area (Å²) in [6, 6.07) is 7.10. The first-order chi connectivity index (χ1) is 10.1. The maximum absolute atomic E-state index is 12.1. The van der Waals surface area contributed by atoms with Gasteiger partial charge >= 0.3 is 0 Å². The fourth-order valence-electron chi connectivity index (χ4n) is 1.44. The minimum atomic E-state index is -0.253. The maximum Gasteiger partial charge on any atom is 0.237 e. The van der Waals surface area contributed by atoms with E-state index in [-0.39, 0.29) is 11.2 Å². The van der Waals surface area contributed by atoms with Crippen LogP contribution in [0.2, 0.25) is 5.02 Å². The first-order valence-corrected chi connectivity index (χ1v) is 9.34. The summed E-state index contributed by atoms with van der Waals surface area (Å²) in [5.41, 5.74) is 0.694. The van der Waals surface area contributed by atoms with Gasteiger partial charge in [-0.1, -0.05) is 59.5 Å². The average molecular weight is 360 g/mol. The molecule has 0 saturated carbocycles. The molecular formula is C13H14ClN3OS3. The van der Waals surface area contributed by atoms with E-state index in [0.29, 0.717) is 10.7 Å². The number of hydrogen-bond acceptors (Lipinski definition) is 6. The van der Waals surface area contributed by atoms with Crippen molar-refractivity contribution in [3.05, 3.63) is 29.3 Å². The average Bonchev–Trinajstić information content (AvgIpc) is 2.86. The number of hydrogen-bond donors (Lipinski definition) is 1. The van der Waals surface area contributed by atoms with Crippen molar-refractivity contribution in [1.82, 2.24) is 10.2 Å². The topological polar surface area (TPSA) is 54.9 Å². The van der Waals surface area contributed by atoms with Crippen LogP contribution < -0.4 is 5.32 Å². The van der Waals surface area contributed by atoms with E-state index >= 15 is 0 Å². The third-order valence-corrected chi connectivity index (χ3v) is 5.75. The van der Waals surface area contributed by atoms with E-state index in [1.807, 2.05) is 13.0 Å². The molecule has 0 fully saturated rings. The molecule has 2 rings (SSSR count). The van der Waals surface area contributed by atoms with Gasteiger partial charge in [0.05, 0.1) is 5.25 Å². The number of carbonyl (C=O) groups is 1. The normalized spacial score (nSPS) is 12.1. The zero-order valence-corrected chi connectivity index (χ0v) is 14.7. The Balaban J connectivity index is 1.92. The highest BCUT2D eigenvalue weighted by atomic mass is 35.5. The van der Waals surface area contributed by atoms with E-state index in [1.54, 1.807) is 30.0 Å². The SMILES string of the molecule is CCSc1nnc(SC(C)C(=O)Nc2cccc(Cl)c2)s1. The molecule has 0 aliphatic rings. The first-order valence-electron chi connectivity index (χ1n) is 6.28. The second-order valence-corrected chi connectivity index (χ2v) is 8.54. The molecule has 112 valence electrons. The van der Waals surface area contributed by atoms with E-state index in [4.69, 9.17) is 11.6 Å². The summed E-state index contributed by atoms with van der Waals surface area (Å²) in [5, 5.41) is 11.3. The zero-order valence-electron chi connectivity index (χ0n) is 11.5. The van der Waals surface area contributed by atoms with E-state index < -0.39 is 0 Å². The van der Waals surface area contributed by atoms with Crippen LogP contribution in [0, 0.1) is 0 Å². The Hall–Kier alpha value is -0.760. The quantitative estimate of drug-likeness (QED) is 0.773. The molecule has 1 atom stereocenters. The minimum Gasteiger partial charge on any atom is -0.325 e. The fraction of sp³-hybridized carbons (Fsp3) is 0.308. The van der Waals surface area contributed by atoms with Crippen molar-refractivity contribution in [2.45, 2.75) is 27.8 Å². The standard InChI is InChI=1S/C13H14ClN3OS3/c1-3-19-12-16-17-13(21-12)20-8(2)11(18)15-10-6-4-5-9(14)7-10/h4-8H,3H2,1-2H3,(H,15,18). The van der Waals surface area contributed by atoms with Crippen LogP contribution in [0.4, 0.5) is 5.69 Å². The lowest BCUT2D eigenvalue weighted by Crippen LogP contribution is -2.22. The molecule has 1 aromatic carbocycles. The van der Waals surface area contributed by atoms with Crippen LogP contribution >= 0.6 is 46.5 Å². The van der Waals surface area contributed by atoms with Crippen molar-refractivity contribution in [1.29, 1.82) is 0 Å². The monoisotopic (exact) mass is 359 g/mol. The lowest BCUT2D eigenvalue weighted by Gasteiger charge is -2.10. The predicted molar refractivity (Wildman–Crippen MR) is 91.7 cm³/mol. The van der Waals surface area contributed by atoms with E-state index in [9.17, 15) is 4.79 Å². The van der Waals surface area contributed by atoms with Crippen molar-refractivity contribution >= 4 is 58.1 Å². The summed E-state index contributed by atoms with van der Waals surface area (Å²) in [7, 11) is 0. The van der Waals surface area contributed by atoms with Crippen LogP contribution in [0.15, 0.2) is 32.9 Å². The van der Waals surface area contributed by atoms with Crippen LogP contribution in [0.3, 0.4) is 0 Å². The number of anilines is 1. The highest BCUT2D eigenvalue weighted by molar-refractivity contribution is 8.03. The highest BCUT2D eigenvalue weighted by Gasteiger charge is 2.17. The Morgan fingerprint density at radius 2 is 2.19 bits per heavy atom. The number of nitrogens with one attached hydrogen (secondary N) is 1. The molecule has 0 aliphatic carbocycles. The molecule has 1 aromatic heterocycles. The maximum atomic E-state index is 12.1. The van der Waals surface area contributed by atoms with E-state index in [0.717, 1.165) is 14.4 Å². The van der Waals surface area contributed by atoms with Gasteiger partial charge in [0.15, 0.2) is 8.68 Å². The van der Waals surface area contributed by atoms with E-state index in [2.05, 4.69) is 22.4 Å². The van der Waals surface area contributed by atoms with Crippen molar-refractivity contribution in [3.63, 3.8) is 0 Å². The van der Waals surface area contributed by atoms with Gasteiger partial charge in [0.2, 0.25) is 5.91 Å². The van der Waals surface area contributed by atoms with Gasteiger partial charge in [-0.25, -0.2) is 0 Å². The molecule has 2 aromatic rings. The number of amides is 1. The van der Waals surface area contributed by atoms with Crippen molar-refractivity contribution < 1.29 is 4.79 Å². The van der Waals surface area contributed by atoms with Crippen molar-refractivity contribution in [2.75, 3.05) is 11.1 Å². The Morgan fingerprint density at radius 3 is 2.90 bits per heavy atom. The zero-order chi connectivity index (χ0) is 15.2. The number of carbonyl (C=O) groups excluding carboxylic acids is 1. The largest absolute Gasteiger partial charge is 0.325 e. The number of nitrogens with zero attached hydrogens (tertiary/aromatic N) is 2. The summed E-state index contributed by atoms with van der Waals surface area (Å²) in [4.78, 5) is 12.1. The summed E-state index contributed by atoms with van der Waals surface area (Å²) >= 11 is 10.5. The Labute approximate surface area is 141 Å². The molecule has 8 heteroatoms. The number of rotatable bonds is 6. The molecule has 4 nitrogen and oxygen atoms in total. The molecule has 0 radical (unpaired) electrons. The molecule has 1 N–H and O–H groups in total. The van der Waals surface area contributed by atoms with Gasteiger partial charge in [-0.2, -0.15) is 0 Å². The van der Waals surface area contributed by atoms with Crippen molar-refractivity contribution in [3.8, 4) is 0 Å². The highest BCUT2D eigenvalue weighted by Crippen LogP contribution is 2.31. The molecule has 1 amide bonds. The van der Waals surface area contributed by atoms with Crippen LogP contribution in [0.1, 0.15) is 13.8 Å². The van der Waals surface area contributed by atoms with Gasteiger partial charge in [0, 0.05) is 10.7 Å². The smallest absolute Gasteiger partial charge is 0.237 e. The molecule has 1 heterocycles. The first kappa shape index (κ1) is 16.6. The van der Waals surface area contributed by atoms with Crippen LogP contribution in [-0.2, 0) is 4.79 Å². The number of benzene rings is 1. The molecule has 0 aliphatic heterocycles. The molecule has 0 spiro atoms. The van der Waals surface area contributed by atoms with Gasteiger partial charge < -0.3 is 5.32 Å². The van der Waals surface area contributed by atoms with Crippen LogP contribution in [-0.4, -0.2) is 27.1 Å². The molecule has 0 bridgehead atoms. The van der Waals surface area contributed by atoms with Crippen LogP contribution in [0.5, 0.6) is 0 Å². The van der Waals surface area contributed by atoms with Gasteiger partial charge in [-0.3, -0.25) is 4.79 Å². The summed E-state index contributed by atoms with van der Waals surface area (Å²) in [5.74, 6) is 0.881. The van der Waals surface area contributed by atoms with Gasteiger partial charge in [-0.15, -0.1) is 10.2 Å². The Morgan fingerprint density at radius 1 is 1.43 bits per heavy atom. The molecule has 0 saturated heterocycles. The van der Waals surface area contributed by atoms with Gasteiger partial charge in [0.1, 0.15) is 0 Å². The molecular weight excluding hydrogens is 346 g/mol. The molecule has 21 heavy (non-hydrogen) atoms. The predicted octanol–water partition coefficient (Wildman–Crippen LogP) is 4.42. The summed E-state index contributed by atoms with van der Waals surface area (Å²) in [6.45, 7) is 3.92. The van der Waals surface area contributed by atoms with Crippen LogP contribution in [0.25, 0.3) is 0 Å². The third kappa shape index (κ3) is 5.18. The minimum absolute atomic E-state index is 0.0813. The van der Waals surface area contributed by atoms with Gasteiger partial charge in [-0.05, 0) is 30.9 Å². The summed E-state index contributed by atoms with van der Waals surface area (Å²) in [6.07, 6.45) is 0. The number of aromatic nitrogens is 2. The van der Waals surface area contributed by atoms with E-state index in [1.165, 1.54) is 23.1 Å². The Bertz CT molecular complexity index is 620. The lowest BCUT2D eigenvalue weighted by molar-refractivity contribution is -0.115. The second-order valence-electron chi connectivity index (χ2n) is 4.03. The number of halogens is 1. The van der Waals surface area contributed by atoms with Gasteiger partial charge in [0.25, 0.3) is 0 Å². The number of thioether (sulfide) groups is 2. The lowest BCUT2D eigenvalue weighted by atomic mass is 10.3. The summed E-state index contributed by atoms with van der Waals surface area (Å²) < 4.78 is 1.74. The second kappa shape index (κ2) is 8.03. The third-order valence-electron chi connectivity index (χ3n) is 2.39.